The Bertz CT molecular complexity index is 3070. The third-order valence-corrected chi connectivity index (χ3v) is 12.6. The highest BCUT2D eigenvalue weighted by molar-refractivity contribution is 8.00. The van der Waals surface area contributed by atoms with Crippen molar-refractivity contribution in [2.45, 2.75) is 10.3 Å². The second-order valence-electron chi connectivity index (χ2n) is 14.9. The maximum atomic E-state index is 6.55. The van der Waals surface area contributed by atoms with Gasteiger partial charge in [-0.25, -0.2) is 0 Å². The predicted molar refractivity (Wildman–Crippen MR) is 249 cm³/mol. The molecule has 59 heavy (non-hydrogen) atoms. The van der Waals surface area contributed by atoms with Crippen LogP contribution in [0.25, 0.3) is 66.4 Å². The molecule has 11 rings (SSSR count). The molecule has 0 aliphatic carbocycles. The van der Waals surface area contributed by atoms with Gasteiger partial charge in [0.2, 0.25) is 0 Å². The van der Waals surface area contributed by atoms with Gasteiger partial charge in [-0.15, -0.1) is 0 Å². The smallest absolute Gasteiger partial charge is 0.136 e. The van der Waals surface area contributed by atoms with Crippen molar-refractivity contribution in [2.75, 3.05) is 10.2 Å². The summed E-state index contributed by atoms with van der Waals surface area (Å²) in [6.07, 6.45) is 0. The Labute approximate surface area is 348 Å². The van der Waals surface area contributed by atoms with E-state index in [4.69, 9.17) is 4.42 Å². The standard InChI is InChI=1S/C55H38N2OS/c1-5-13-37(14-6-1)39-21-27-45(28-22-39)57(50-35-43(38-15-7-2-8-16-38)25-31-47(50)41-17-9-3-10-18-41)46-29-23-40(24-30-46)44-26-32-48-52(36-44)58-51-34-33-49-54(53(48)51)59-55(56-49)42-19-11-4-12-20-42/h1-36,55-56H. The van der Waals surface area contributed by atoms with Gasteiger partial charge in [-0.3, -0.25) is 0 Å². The van der Waals surface area contributed by atoms with Crippen LogP contribution in [0.4, 0.5) is 22.7 Å². The number of anilines is 4. The maximum absolute atomic E-state index is 6.55. The van der Waals surface area contributed by atoms with E-state index >= 15 is 0 Å². The first-order valence-corrected chi connectivity index (χ1v) is 20.9. The lowest BCUT2D eigenvalue weighted by atomic mass is 9.96. The van der Waals surface area contributed by atoms with Crippen LogP contribution in [0.2, 0.25) is 0 Å². The SMILES string of the molecule is c1ccc(-c2ccc(N(c3ccc(-c4ccc5c(c4)oc4ccc6c(c45)SC(c4ccccc4)N6)cc3)c3cc(-c4ccccc4)ccc3-c3ccccc3)cc2)cc1. The van der Waals surface area contributed by atoms with Crippen molar-refractivity contribution in [3.05, 3.63) is 224 Å². The molecule has 0 saturated heterocycles. The van der Waals surface area contributed by atoms with Crippen LogP contribution in [0, 0.1) is 0 Å². The quantitative estimate of drug-likeness (QED) is 0.166. The Morgan fingerprint density at radius 3 is 1.58 bits per heavy atom. The van der Waals surface area contributed by atoms with Gasteiger partial charge in [-0.05, 0) is 99.1 Å². The largest absolute Gasteiger partial charge is 0.456 e. The Hall–Kier alpha value is -7.27. The molecule has 1 unspecified atom stereocenters. The number of benzene rings is 9. The summed E-state index contributed by atoms with van der Waals surface area (Å²) in [5.74, 6) is 0. The molecule has 2 heterocycles. The molecule has 1 aliphatic rings. The van der Waals surface area contributed by atoms with Gasteiger partial charge in [0.15, 0.2) is 0 Å². The van der Waals surface area contributed by atoms with Crippen LogP contribution in [0.5, 0.6) is 0 Å². The van der Waals surface area contributed by atoms with Crippen LogP contribution in [0.1, 0.15) is 10.9 Å². The van der Waals surface area contributed by atoms with Gasteiger partial charge in [0, 0.05) is 38.3 Å². The van der Waals surface area contributed by atoms with Gasteiger partial charge in [0.05, 0.1) is 5.69 Å². The van der Waals surface area contributed by atoms with E-state index in [0.29, 0.717) is 0 Å². The Kier molecular flexibility index (Phi) is 8.83. The second kappa shape index (κ2) is 14.9. The van der Waals surface area contributed by atoms with Gasteiger partial charge in [-0.2, -0.15) is 0 Å². The molecular formula is C55H38N2OS. The van der Waals surface area contributed by atoms with Crippen molar-refractivity contribution >= 4 is 56.4 Å². The fourth-order valence-corrected chi connectivity index (χ4v) is 9.67. The summed E-state index contributed by atoms with van der Waals surface area (Å²) in [6, 6.07) is 78.1. The monoisotopic (exact) mass is 774 g/mol. The number of nitrogens with zero attached hydrogens (tertiary/aromatic N) is 1. The summed E-state index contributed by atoms with van der Waals surface area (Å²) in [4.78, 5) is 3.64. The van der Waals surface area contributed by atoms with Crippen molar-refractivity contribution in [3.63, 3.8) is 0 Å². The molecule has 0 spiro atoms. The average molecular weight is 775 g/mol. The van der Waals surface area contributed by atoms with E-state index < -0.39 is 0 Å². The first kappa shape index (κ1) is 34.9. The molecule has 0 amide bonds. The van der Waals surface area contributed by atoms with Crippen molar-refractivity contribution in [1.29, 1.82) is 0 Å². The van der Waals surface area contributed by atoms with Crippen molar-refractivity contribution in [1.82, 2.24) is 0 Å². The summed E-state index contributed by atoms with van der Waals surface area (Å²) in [6.45, 7) is 0. The number of rotatable bonds is 8. The molecule has 9 aromatic carbocycles. The highest BCUT2D eigenvalue weighted by atomic mass is 32.2. The molecule has 0 bridgehead atoms. The zero-order chi connectivity index (χ0) is 39.1. The molecule has 0 fully saturated rings. The Balaban J connectivity index is 0.997. The van der Waals surface area contributed by atoms with Crippen LogP contribution < -0.4 is 10.2 Å². The number of fused-ring (bicyclic) bond motifs is 5. The third kappa shape index (κ3) is 6.54. The second-order valence-corrected chi connectivity index (χ2v) is 16.1. The lowest BCUT2D eigenvalue weighted by Crippen LogP contribution is -2.11. The number of hydrogen-bond donors (Lipinski definition) is 1. The number of nitrogens with one attached hydrogen (secondary N) is 1. The summed E-state index contributed by atoms with van der Waals surface area (Å²) in [5, 5.41) is 6.21. The van der Waals surface area contributed by atoms with Gasteiger partial charge < -0.3 is 14.6 Å². The third-order valence-electron chi connectivity index (χ3n) is 11.3. The molecule has 3 nitrogen and oxygen atoms in total. The van der Waals surface area contributed by atoms with Crippen molar-refractivity contribution in [2.24, 2.45) is 0 Å². The average Bonchev–Trinajstić information content (AvgIpc) is 3.92. The summed E-state index contributed by atoms with van der Waals surface area (Å²) in [5.41, 5.74) is 16.8. The van der Waals surface area contributed by atoms with Gasteiger partial charge in [-0.1, -0.05) is 176 Å². The van der Waals surface area contributed by atoms with E-state index in [0.717, 1.165) is 61.6 Å². The van der Waals surface area contributed by atoms with Crippen molar-refractivity contribution < 1.29 is 4.42 Å². The molecule has 0 saturated carbocycles. The molecular weight excluding hydrogens is 737 g/mol. The predicted octanol–water partition coefficient (Wildman–Crippen LogP) is 15.9. The highest BCUT2D eigenvalue weighted by Crippen LogP contribution is 2.52. The van der Waals surface area contributed by atoms with Gasteiger partial charge in [0.25, 0.3) is 0 Å². The van der Waals surface area contributed by atoms with E-state index in [1.165, 1.54) is 38.1 Å². The molecule has 1 N–H and O–H groups in total. The normalized spacial score (nSPS) is 13.3. The first-order valence-electron chi connectivity index (χ1n) is 20.0. The van der Waals surface area contributed by atoms with Crippen LogP contribution in [-0.4, -0.2) is 0 Å². The van der Waals surface area contributed by atoms with Gasteiger partial charge >= 0.3 is 0 Å². The van der Waals surface area contributed by atoms with Crippen LogP contribution in [-0.2, 0) is 0 Å². The van der Waals surface area contributed by atoms with E-state index in [2.05, 4.69) is 229 Å². The first-order chi connectivity index (χ1) is 29.2. The van der Waals surface area contributed by atoms with Crippen LogP contribution >= 0.6 is 11.8 Å². The number of thioether (sulfide) groups is 1. The maximum Gasteiger partial charge on any atom is 0.136 e. The molecule has 1 aromatic heterocycles. The fraction of sp³-hybridized carbons (Fsp3) is 0.0182. The molecule has 10 aromatic rings. The number of furan rings is 1. The van der Waals surface area contributed by atoms with Gasteiger partial charge in [0.1, 0.15) is 16.5 Å². The zero-order valence-corrected chi connectivity index (χ0v) is 32.9. The molecule has 0 radical (unpaired) electrons. The zero-order valence-electron chi connectivity index (χ0n) is 32.1. The van der Waals surface area contributed by atoms with E-state index in [1.807, 2.05) is 11.8 Å². The topological polar surface area (TPSA) is 28.4 Å². The molecule has 1 atom stereocenters. The summed E-state index contributed by atoms with van der Waals surface area (Å²) < 4.78 is 6.55. The fourth-order valence-electron chi connectivity index (χ4n) is 8.37. The van der Waals surface area contributed by atoms with E-state index in [9.17, 15) is 0 Å². The highest BCUT2D eigenvalue weighted by Gasteiger charge is 2.27. The lowest BCUT2D eigenvalue weighted by molar-refractivity contribution is 0.668. The van der Waals surface area contributed by atoms with Crippen LogP contribution in [0.15, 0.2) is 228 Å². The Morgan fingerprint density at radius 1 is 0.424 bits per heavy atom. The minimum atomic E-state index is 0.172. The van der Waals surface area contributed by atoms with E-state index in [-0.39, 0.29) is 5.37 Å². The van der Waals surface area contributed by atoms with Crippen molar-refractivity contribution in [3.8, 4) is 44.5 Å². The summed E-state index contributed by atoms with van der Waals surface area (Å²) in [7, 11) is 0. The molecule has 280 valence electrons. The minimum Gasteiger partial charge on any atom is -0.456 e. The molecule has 1 aliphatic heterocycles. The lowest BCUT2D eigenvalue weighted by Gasteiger charge is -2.29. The number of hydrogen-bond acceptors (Lipinski definition) is 4. The van der Waals surface area contributed by atoms with Crippen LogP contribution in [0.3, 0.4) is 0 Å². The Morgan fingerprint density at radius 2 is 0.932 bits per heavy atom. The summed E-state index contributed by atoms with van der Waals surface area (Å²) >= 11 is 1.86. The minimum absolute atomic E-state index is 0.172. The van der Waals surface area contributed by atoms with E-state index in [1.54, 1.807) is 0 Å². The molecule has 4 heteroatoms.